The summed E-state index contributed by atoms with van der Waals surface area (Å²) in [7, 11) is 1.57. The molecule has 1 unspecified atom stereocenters. The van der Waals surface area contributed by atoms with Crippen molar-refractivity contribution in [2.24, 2.45) is 0 Å². The number of nitrogens with one attached hydrogen (secondary N) is 1. The molecule has 0 bridgehead atoms. The summed E-state index contributed by atoms with van der Waals surface area (Å²) in [5.41, 5.74) is 1.21. The largest absolute Gasteiger partial charge is 0.496 e. The Kier molecular flexibility index (Phi) is 5.15. The van der Waals surface area contributed by atoms with Crippen LogP contribution in [0, 0.1) is 11.6 Å². The van der Waals surface area contributed by atoms with Crippen LogP contribution >= 0.6 is 11.6 Å². The number of benzene rings is 2. The van der Waals surface area contributed by atoms with Gasteiger partial charge in [-0.3, -0.25) is 0 Å². The molecule has 0 heterocycles. The summed E-state index contributed by atoms with van der Waals surface area (Å²) in [6, 6.07) is 8.65. The maximum atomic E-state index is 13.7. The molecule has 0 aliphatic carbocycles. The number of ether oxygens (including phenoxy) is 1. The van der Waals surface area contributed by atoms with E-state index in [0.29, 0.717) is 22.9 Å². The van der Waals surface area contributed by atoms with E-state index in [1.54, 1.807) is 26.2 Å². The topological polar surface area (TPSA) is 21.3 Å². The van der Waals surface area contributed by atoms with Gasteiger partial charge in [-0.2, -0.15) is 0 Å². The Morgan fingerprint density at radius 1 is 1.24 bits per heavy atom. The van der Waals surface area contributed by atoms with Crippen LogP contribution in [-0.4, -0.2) is 7.11 Å². The van der Waals surface area contributed by atoms with Gasteiger partial charge in [0.25, 0.3) is 0 Å². The predicted octanol–water partition coefficient (Wildman–Crippen LogP) is 4.48. The summed E-state index contributed by atoms with van der Waals surface area (Å²) >= 11 is 6.15. The van der Waals surface area contributed by atoms with E-state index >= 15 is 0 Å². The Hall–Kier alpha value is -1.65. The second-order valence-electron chi connectivity index (χ2n) is 4.69. The maximum Gasteiger partial charge on any atom is 0.130 e. The minimum absolute atomic E-state index is 0.286. The van der Waals surface area contributed by atoms with E-state index in [2.05, 4.69) is 5.32 Å². The van der Waals surface area contributed by atoms with Gasteiger partial charge < -0.3 is 10.1 Å². The molecule has 0 saturated heterocycles. The fourth-order valence-corrected chi connectivity index (χ4v) is 2.35. The molecule has 5 heteroatoms. The molecule has 0 aliphatic rings. The standard InChI is InChI=1S/C16H16ClF2NO/c1-10(12-7-6-11(18)8-15(12)19)20-9-13-14(17)4-3-5-16(13)21-2/h3-8,10,20H,9H2,1-2H3. The highest BCUT2D eigenvalue weighted by atomic mass is 35.5. The van der Waals surface area contributed by atoms with Gasteiger partial charge in [-0.05, 0) is 25.1 Å². The lowest BCUT2D eigenvalue weighted by Crippen LogP contribution is -2.19. The molecule has 0 saturated carbocycles. The zero-order chi connectivity index (χ0) is 15.4. The van der Waals surface area contributed by atoms with Gasteiger partial charge in [0.05, 0.1) is 7.11 Å². The van der Waals surface area contributed by atoms with Crippen LogP contribution in [0.3, 0.4) is 0 Å². The summed E-state index contributed by atoms with van der Waals surface area (Å²) < 4.78 is 31.9. The molecule has 0 spiro atoms. The average Bonchev–Trinajstić information content (AvgIpc) is 2.45. The summed E-state index contributed by atoms with van der Waals surface area (Å²) in [6.45, 7) is 2.22. The van der Waals surface area contributed by atoms with Crippen LogP contribution in [0.1, 0.15) is 24.1 Å². The van der Waals surface area contributed by atoms with E-state index in [-0.39, 0.29) is 6.04 Å². The van der Waals surface area contributed by atoms with Gasteiger partial charge in [0, 0.05) is 34.8 Å². The molecule has 2 aromatic rings. The Balaban J connectivity index is 2.13. The van der Waals surface area contributed by atoms with Crippen molar-refractivity contribution in [2.45, 2.75) is 19.5 Å². The number of halogens is 3. The minimum Gasteiger partial charge on any atom is -0.496 e. The normalized spacial score (nSPS) is 12.2. The number of hydrogen-bond acceptors (Lipinski definition) is 2. The molecule has 0 radical (unpaired) electrons. The molecule has 2 nitrogen and oxygen atoms in total. The molecule has 21 heavy (non-hydrogen) atoms. The van der Waals surface area contributed by atoms with E-state index in [1.807, 2.05) is 6.07 Å². The van der Waals surface area contributed by atoms with Gasteiger partial charge in [-0.15, -0.1) is 0 Å². The molecule has 1 N–H and O–H groups in total. The van der Waals surface area contributed by atoms with Crippen LogP contribution in [0.25, 0.3) is 0 Å². The fraction of sp³-hybridized carbons (Fsp3) is 0.250. The van der Waals surface area contributed by atoms with E-state index < -0.39 is 11.6 Å². The molecule has 0 amide bonds. The Morgan fingerprint density at radius 3 is 2.67 bits per heavy atom. The highest BCUT2D eigenvalue weighted by Gasteiger charge is 2.13. The lowest BCUT2D eigenvalue weighted by Gasteiger charge is -2.17. The van der Waals surface area contributed by atoms with Crippen LogP contribution in [0.2, 0.25) is 5.02 Å². The molecule has 2 rings (SSSR count). The zero-order valence-electron chi connectivity index (χ0n) is 11.8. The van der Waals surface area contributed by atoms with Gasteiger partial charge >= 0.3 is 0 Å². The number of hydrogen-bond donors (Lipinski definition) is 1. The molecular weight excluding hydrogens is 296 g/mol. The first-order chi connectivity index (χ1) is 10.0. The van der Waals surface area contributed by atoms with Crippen molar-refractivity contribution in [2.75, 3.05) is 7.11 Å². The van der Waals surface area contributed by atoms with Crippen molar-refractivity contribution in [1.82, 2.24) is 5.32 Å². The fourth-order valence-electron chi connectivity index (χ4n) is 2.12. The van der Waals surface area contributed by atoms with Gasteiger partial charge in [-0.25, -0.2) is 8.78 Å². The maximum absolute atomic E-state index is 13.7. The van der Waals surface area contributed by atoms with Gasteiger partial charge in [-0.1, -0.05) is 23.7 Å². The third-order valence-corrected chi connectivity index (χ3v) is 3.66. The smallest absolute Gasteiger partial charge is 0.130 e. The molecule has 2 aromatic carbocycles. The highest BCUT2D eigenvalue weighted by molar-refractivity contribution is 6.31. The monoisotopic (exact) mass is 311 g/mol. The average molecular weight is 312 g/mol. The Morgan fingerprint density at radius 2 is 2.00 bits per heavy atom. The quantitative estimate of drug-likeness (QED) is 0.879. The van der Waals surface area contributed by atoms with E-state index in [9.17, 15) is 8.78 Å². The van der Waals surface area contributed by atoms with Crippen molar-refractivity contribution < 1.29 is 13.5 Å². The van der Waals surface area contributed by atoms with Crippen LogP contribution in [0.15, 0.2) is 36.4 Å². The molecule has 1 atom stereocenters. The van der Waals surface area contributed by atoms with E-state index in [4.69, 9.17) is 16.3 Å². The lowest BCUT2D eigenvalue weighted by atomic mass is 10.1. The summed E-state index contributed by atoms with van der Waals surface area (Å²) in [5, 5.41) is 3.74. The van der Waals surface area contributed by atoms with Crippen LogP contribution in [-0.2, 0) is 6.54 Å². The zero-order valence-corrected chi connectivity index (χ0v) is 12.5. The van der Waals surface area contributed by atoms with Crippen molar-refractivity contribution in [1.29, 1.82) is 0 Å². The van der Waals surface area contributed by atoms with Crippen LogP contribution in [0.4, 0.5) is 8.78 Å². The van der Waals surface area contributed by atoms with Crippen molar-refractivity contribution >= 4 is 11.6 Å². The highest BCUT2D eigenvalue weighted by Crippen LogP contribution is 2.27. The predicted molar refractivity (Wildman–Crippen MR) is 79.6 cm³/mol. The third kappa shape index (κ3) is 3.71. The van der Waals surface area contributed by atoms with Crippen LogP contribution < -0.4 is 10.1 Å². The Bertz CT molecular complexity index is 634. The summed E-state index contributed by atoms with van der Waals surface area (Å²) in [4.78, 5) is 0. The number of methoxy groups -OCH3 is 1. The minimum atomic E-state index is -0.587. The first kappa shape index (κ1) is 15.7. The van der Waals surface area contributed by atoms with Crippen LogP contribution in [0.5, 0.6) is 5.75 Å². The van der Waals surface area contributed by atoms with E-state index in [1.165, 1.54) is 12.1 Å². The van der Waals surface area contributed by atoms with Gasteiger partial charge in [0.15, 0.2) is 0 Å². The lowest BCUT2D eigenvalue weighted by molar-refractivity contribution is 0.405. The molecule has 0 aromatic heterocycles. The second-order valence-corrected chi connectivity index (χ2v) is 5.10. The molecule has 0 fully saturated rings. The van der Waals surface area contributed by atoms with Gasteiger partial charge in [0.2, 0.25) is 0 Å². The van der Waals surface area contributed by atoms with Crippen molar-refractivity contribution in [3.63, 3.8) is 0 Å². The SMILES string of the molecule is COc1cccc(Cl)c1CNC(C)c1ccc(F)cc1F. The first-order valence-electron chi connectivity index (χ1n) is 6.52. The molecule has 0 aliphatic heterocycles. The number of rotatable bonds is 5. The Labute approximate surface area is 127 Å². The summed E-state index contributed by atoms with van der Waals surface area (Å²) in [5.74, 6) is -0.487. The first-order valence-corrected chi connectivity index (χ1v) is 6.90. The van der Waals surface area contributed by atoms with E-state index in [0.717, 1.165) is 11.6 Å². The third-order valence-electron chi connectivity index (χ3n) is 3.31. The van der Waals surface area contributed by atoms with Crippen molar-refractivity contribution in [3.05, 3.63) is 64.2 Å². The summed E-state index contributed by atoms with van der Waals surface area (Å²) in [6.07, 6.45) is 0. The molecular formula is C16H16ClF2NO. The second kappa shape index (κ2) is 6.87. The van der Waals surface area contributed by atoms with Crippen molar-refractivity contribution in [3.8, 4) is 5.75 Å². The van der Waals surface area contributed by atoms with Gasteiger partial charge in [0.1, 0.15) is 17.4 Å². The molecule has 112 valence electrons.